The number of ether oxygens (including phenoxy) is 1. The van der Waals surface area contributed by atoms with Crippen LogP contribution in [0.5, 0.6) is 5.88 Å². The Morgan fingerprint density at radius 3 is 2.79 bits per heavy atom. The molecule has 0 aliphatic heterocycles. The normalized spacial score (nSPS) is 11.3. The van der Waals surface area contributed by atoms with Gasteiger partial charge in [-0.2, -0.15) is 13.2 Å². The maximum atomic E-state index is 11.9. The molecule has 0 unspecified atom stereocenters. The molecule has 1 aromatic rings. The van der Waals surface area contributed by atoms with Crippen molar-refractivity contribution in [2.75, 3.05) is 13.2 Å². The predicted octanol–water partition coefficient (Wildman–Crippen LogP) is 3.74. The molecule has 0 amide bonds. The Morgan fingerprint density at radius 1 is 1.42 bits per heavy atom. The second-order valence-corrected chi connectivity index (χ2v) is 3.48. The van der Waals surface area contributed by atoms with Crippen LogP contribution in [0.25, 0.3) is 16.5 Å². The van der Waals surface area contributed by atoms with Crippen molar-refractivity contribution in [1.82, 2.24) is 4.98 Å². The first kappa shape index (κ1) is 14.8. The van der Waals surface area contributed by atoms with Crippen LogP contribution in [0.2, 0.25) is 0 Å². The van der Waals surface area contributed by atoms with Crippen molar-refractivity contribution in [3.05, 3.63) is 40.4 Å². The van der Waals surface area contributed by atoms with Gasteiger partial charge in [0.1, 0.15) is 0 Å². The van der Waals surface area contributed by atoms with Crippen LogP contribution in [0, 0.1) is 0 Å². The lowest BCUT2D eigenvalue weighted by Crippen LogP contribution is -2.19. The second kappa shape index (κ2) is 7.27. The van der Waals surface area contributed by atoms with Crippen LogP contribution in [0.15, 0.2) is 29.5 Å². The molecular weight excluding hydrogens is 261 g/mol. The van der Waals surface area contributed by atoms with Crippen molar-refractivity contribution < 1.29 is 17.9 Å². The lowest BCUT2D eigenvalue weighted by Gasteiger charge is -2.07. The summed E-state index contributed by atoms with van der Waals surface area (Å²) in [5, 5.41) is 3.35. The number of hydrogen-bond acceptors (Lipinski definition) is 3. The summed E-state index contributed by atoms with van der Waals surface area (Å²) in [4.78, 5) is 6.34. The van der Waals surface area contributed by atoms with E-state index in [0.717, 1.165) is 5.56 Å². The molecule has 0 atom stereocenters. The summed E-state index contributed by atoms with van der Waals surface area (Å²) < 4.78 is 40.1. The zero-order valence-electron chi connectivity index (χ0n) is 9.84. The van der Waals surface area contributed by atoms with Gasteiger partial charge in [0.05, 0.1) is 0 Å². The molecule has 0 saturated heterocycles. The number of azide groups is 1. The lowest BCUT2D eigenvalue weighted by atomic mass is 10.2. The highest BCUT2D eigenvalue weighted by Crippen LogP contribution is 2.17. The average Bonchev–Trinajstić information content (AvgIpc) is 2.37. The summed E-state index contributed by atoms with van der Waals surface area (Å²) in [6.45, 7) is -1.01. The molecule has 1 rings (SSSR count). The van der Waals surface area contributed by atoms with Crippen LogP contribution in [-0.4, -0.2) is 24.3 Å². The Morgan fingerprint density at radius 2 is 2.21 bits per heavy atom. The Labute approximate surface area is 107 Å². The number of aromatic nitrogens is 1. The Hall–Kier alpha value is -2.21. The van der Waals surface area contributed by atoms with Gasteiger partial charge in [-0.25, -0.2) is 4.98 Å². The van der Waals surface area contributed by atoms with E-state index in [4.69, 9.17) is 5.53 Å². The summed E-state index contributed by atoms with van der Waals surface area (Å²) >= 11 is 0. The highest BCUT2D eigenvalue weighted by atomic mass is 19.4. The van der Waals surface area contributed by atoms with E-state index < -0.39 is 12.8 Å². The van der Waals surface area contributed by atoms with E-state index in [1.54, 1.807) is 18.2 Å². The maximum absolute atomic E-state index is 11.9. The maximum Gasteiger partial charge on any atom is 0.422 e. The van der Waals surface area contributed by atoms with Gasteiger partial charge in [-0.1, -0.05) is 17.3 Å². The SMILES string of the molecule is [N-]=[N+]=NCCC=Cc1ccc(OCC(F)(F)F)nc1. The molecule has 0 radical (unpaired) electrons. The van der Waals surface area contributed by atoms with Gasteiger partial charge in [0.25, 0.3) is 0 Å². The molecule has 102 valence electrons. The number of rotatable bonds is 6. The van der Waals surface area contributed by atoms with Crippen LogP contribution in [-0.2, 0) is 0 Å². The van der Waals surface area contributed by atoms with E-state index in [2.05, 4.69) is 19.7 Å². The van der Waals surface area contributed by atoms with Crippen LogP contribution in [0.1, 0.15) is 12.0 Å². The number of pyridine rings is 1. The molecule has 0 aliphatic rings. The quantitative estimate of drug-likeness (QED) is 0.342. The van der Waals surface area contributed by atoms with Gasteiger partial charge >= 0.3 is 6.18 Å². The smallest absolute Gasteiger partial charge is 0.422 e. The Bertz CT molecular complexity index is 464. The van der Waals surface area contributed by atoms with Gasteiger partial charge in [-0.05, 0) is 23.6 Å². The summed E-state index contributed by atoms with van der Waals surface area (Å²) in [6, 6.07) is 2.95. The second-order valence-electron chi connectivity index (χ2n) is 3.48. The van der Waals surface area contributed by atoms with Gasteiger partial charge in [0.15, 0.2) is 6.61 Å². The molecule has 0 N–H and O–H groups in total. The van der Waals surface area contributed by atoms with E-state index >= 15 is 0 Å². The number of nitrogens with zero attached hydrogens (tertiary/aromatic N) is 4. The van der Waals surface area contributed by atoms with Crippen molar-refractivity contribution >= 4 is 6.08 Å². The third-order valence-corrected chi connectivity index (χ3v) is 1.91. The minimum Gasteiger partial charge on any atom is -0.468 e. The third-order valence-electron chi connectivity index (χ3n) is 1.91. The molecular formula is C11H11F3N4O. The molecule has 0 saturated carbocycles. The Balaban J connectivity index is 2.45. The van der Waals surface area contributed by atoms with Crippen molar-refractivity contribution in [2.45, 2.75) is 12.6 Å². The molecule has 8 heteroatoms. The molecule has 0 spiro atoms. The standard InChI is InChI=1S/C11H11F3N4O/c12-11(13,14)8-19-10-5-4-9(7-16-10)3-1-2-6-17-18-15/h1,3-5,7H,2,6,8H2. The molecule has 5 nitrogen and oxygen atoms in total. The van der Waals surface area contributed by atoms with Crippen molar-refractivity contribution in [2.24, 2.45) is 5.11 Å². The molecule has 1 heterocycles. The minimum atomic E-state index is -4.37. The Kier molecular flexibility index (Phi) is 5.69. The molecule has 0 bridgehead atoms. The predicted molar refractivity (Wildman–Crippen MR) is 63.5 cm³/mol. The molecule has 0 aromatic carbocycles. The number of hydrogen-bond donors (Lipinski definition) is 0. The van der Waals surface area contributed by atoms with E-state index in [1.165, 1.54) is 12.3 Å². The molecule has 0 fully saturated rings. The summed E-state index contributed by atoms with van der Waals surface area (Å²) in [7, 11) is 0. The zero-order chi connectivity index (χ0) is 14.1. The highest BCUT2D eigenvalue weighted by molar-refractivity contribution is 5.48. The largest absolute Gasteiger partial charge is 0.468 e. The van der Waals surface area contributed by atoms with Crippen LogP contribution >= 0.6 is 0 Å². The van der Waals surface area contributed by atoms with E-state index in [1.807, 2.05) is 0 Å². The first-order valence-corrected chi connectivity index (χ1v) is 5.34. The van der Waals surface area contributed by atoms with Gasteiger partial charge < -0.3 is 4.74 Å². The van der Waals surface area contributed by atoms with Crippen molar-refractivity contribution in [3.63, 3.8) is 0 Å². The van der Waals surface area contributed by atoms with E-state index in [-0.39, 0.29) is 5.88 Å². The van der Waals surface area contributed by atoms with Crippen LogP contribution < -0.4 is 4.74 Å². The summed E-state index contributed by atoms with van der Waals surface area (Å²) in [5.41, 5.74) is 8.77. The fraction of sp³-hybridized carbons (Fsp3) is 0.364. The average molecular weight is 272 g/mol. The highest BCUT2D eigenvalue weighted by Gasteiger charge is 2.28. The van der Waals surface area contributed by atoms with Gasteiger partial charge in [-0.15, -0.1) is 0 Å². The zero-order valence-corrected chi connectivity index (χ0v) is 9.84. The van der Waals surface area contributed by atoms with E-state index in [9.17, 15) is 13.2 Å². The third kappa shape index (κ3) is 6.95. The molecule has 1 aromatic heterocycles. The monoisotopic (exact) mass is 272 g/mol. The van der Waals surface area contributed by atoms with Gasteiger partial charge in [0, 0.05) is 23.7 Å². The first-order valence-electron chi connectivity index (χ1n) is 5.34. The fourth-order valence-electron chi connectivity index (χ4n) is 1.13. The number of halogens is 3. The lowest BCUT2D eigenvalue weighted by molar-refractivity contribution is -0.154. The number of alkyl halides is 3. The van der Waals surface area contributed by atoms with Gasteiger partial charge in [0.2, 0.25) is 5.88 Å². The topological polar surface area (TPSA) is 70.9 Å². The minimum absolute atomic E-state index is 0.0800. The van der Waals surface area contributed by atoms with Gasteiger partial charge in [-0.3, -0.25) is 0 Å². The summed E-state index contributed by atoms with van der Waals surface area (Å²) in [6.07, 6.45) is 1.11. The van der Waals surface area contributed by atoms with Crippen molar-refractivity contribution in [1.29, 1.82) is 0 Å². The summed E-state index contributed by atoms with van der Waals surface area (Å²) in [5.74, 6) is -0.0800. The van der Waals surface area contributed by atoms with Crippen LogP contribution in [0.4, 0.5) is 13.2 Å². The molecule has 0 aliphatic carbocycles. The van der Waals surface area contributed by atoms with Crippen LogP contribution in [0.3, 0.4) is 0 Å². The van der Waals surface area contributed by atoms with E-state index in [0.29, 0.717) is 13.0 Å². The van der Waals surface area contributed by atoms with Crippen molar-refractivity contribution in [3.8, 4) is 5.88 Å². The molecule has 19 heavy (non-hydrogen) atoms. The fourth-order valence-corrected chi connectivity index (χ4v) is 1.13. The first-order chi connectivity index (χ1) is 9.01.